The summed E-state index contributed by atoms with van der Waals surface area (Å²) in [4.78, 5) is 25.2. The molecule has 0 bridgehead atoms. The first-order valence-electron chi connectivity index (χ1n) is 12.9. The summed E-state index contributed by atoms with van der Waals surface area (Å²) in [7, 11) is 5.12. The average Bonchev–Trinajstić information content (AvgIpc) is 2.92. The van der Waals surface area contributed by atoms with Gasteiger partial charge < -0.3 is 19.1 Å². The van der Waals surface area contributed by atoms with Crippen molar-refractivity contribution < 1.29 is 19.0 Å². The minimum absolute atomic E-state index is 0.118. The Balaban J connectivity index is 1.40. The number of carbonyl (C=O) groups is 1. The first-order chi connectivity index (χ1) is 17.5. The zero-order chi connectivity index (χ0) is 25.5. The number of aryl methyl sites for hydroxylation is 1. The Hall–Kier alpha value is -2.68. The average molecular weight is 497 g/mol. The molecule has 0 saturated carbocycles. The summed E-state index contributed by atoms with van der Waals surface area (Å²) in [6.07, 6.45) is 1.96. The molecule has 0 atom stereocenters. The van der Waals surface area contributed by atoms with E-state index in [1.807, 2.05) is 36.1 Å². The maximum Gasteiger partial charge on any atom is 0.255 e. The van der Waals surface area contributed by atoms with Gasteiger partial charge in [-0.25, -0.2) is 0 Å². The van der Waals surface area contributed by atoms with E-state index in [2.05, 4.69) is 15.9 Å². The topological polar surface area (TPSA) is 67.4 Å². The third-order valence-corrected chi connectivity index (χ3v) is 7.42. The number of hydrogen-bond acceptors (Lipinski definition) is 7. The summed E-state index contributed by atoms with van der Waals surface area (Å²) in [6, 6.07) is 9.91. The highest BCUT2D eigenvalue weighted by Crippen LogP contribution is 2.32. The summed E-state index contributed by atoms with van der Waals surface area (Å²) in [5.74, 6) is 2.13. The number of benzene rings is 1. The molecule has 1 aromatic carbocycles. The lowest BCUT2D eigenvalue weighted by molar-refractivity contribution is 0.0591. The second-order valence-corrected chi connectivity index (χ2v) is 9.74. The third kappa shape index (κ3) is 6.35. The lowest BCUT2D eigenvalue weighted by Gasteiger charge is -2.36. The van der Waals surface area contributed by atoms with Crippen LogP contribution in [0.15, 0.2) is 30.3 Å². The van der Waals surface area contributed by atoms with E-state index in [0.717, 1.165) is 106 Å². The molecule has 2 saturated heterocycles. The lowest BCUT2D eigenvalue weighted by Crippen LogP contribution is -2.49. The molecule has 0 N–H and O–H groups in total. The Morgan fingerprint density at radius 2 is 1.69 bits per heavy atom. The Kier molecular flexibility index (Phi) is 9.18. The van der Waals surface area contributed by atoms with Crippen molar-refractivity contribution in [3.8, 4) is 11.5 Å². The summed E-state index contributed by atoms with van der Waals surface area (Å²) in [5.41, 5.74) is 3.85. The molecular weight excluding hydrogens is 456 g/mol. The van der Waals surface area contributed by atoms with Gasteiger partial charge in [-0.15, -0.1) is 0 Å². The van der Waals surface area contributed by atoms with Gasteiger partial charge in [0.1, 0.15) is 11.5 Å². The second-order valence-electron chi connectivity index (χ2n) is 9.74. The molecule has 0 unspecified atom stereocenters. The SMILES string of the molecule is COCCN1CCN(C(=O)c2ccc(C)nc2C2CCN(Cc3cc(OC)ccc3OC)CC2)CC1. The molecule has 2 aromatic rings. The van der Waals surface area contributed by atoms with Gasteiger partial charge in [0.15, 0.2) is 0 Å². The first-order valence-corrected chi connectivity index (χ1v) is 12.9. The molecule has 36 heavy (non-hydrogen) atoms. The minimum atomic E-state index is 0.118. The van der Waals surface area contributed by atoms with Crippen LogP contribution in [-0.2, 0) is 11.3 Å². The van der Waals surface area contributed by atoms with Crippen molar-refractivity contribution in [3.63, 3.8) is 0 Å². The smallest absolute Gasteiger partial charge is 0.255 e. The van der Waals surface area contributed by atoms with E-state index in [0.29, 0.717) is 0 Å². The monoisotopic (exact) mass is 496 g/mol. The number of carbonyl (C=O) groups excluding carboxylic acids is 1. The molecule has 8 heteroatoms. The van der Waals surface area contributed by atoms with E-state index >= 15 is 0 Å². The Labute approximate surface area is 215 Å². The van der Waals surface area contributed by atoms with Crippen LogP contribution in [0.1, 0.15) is 46.1 Å². The van der Waals surface area contributed by atoms with Crippen molar-refractivity contribution in [2.45, 2.75) is 32.2 Å². The highest BCUT2D eigenvalue weighted by Gasteiger charge is 2.29. The number of aromatic nitrogens is 1. The summed E-state index contributed by atoms with van der Waals surface area (Å²) in [6.45, 7) is 9.63. The van der Waals surface area contributed by atoms with Crippen LogP contribution in [0.25, 0.3) is 0 Å². The zero-order valence-electron chi connectivity index (χ0n) is 22.2. The molecule has 3 heterocycles. The minimum Gasteiger partial charge on any atom is -0.497 e. The van der Waals surface area contributed by atoms with E-state index in [-0.39, 0.29) is 11.8 Å². The maximum atomic E-state index is 13.5. The van der Waals surface area contributed by atoms with Crippen LogP contribution in [-0.4, -0.2) is 99.3 Å². The molecule has 2 fully saturated rings. The third-order valence-electron chi connectivity index (χ3n) is 7.42. The van der Waals surface area contributed by atoms with Gasteiger partial charge in [-0.05, 0) is 63.2 Å². The summed E-state index contributed by atoms with van der Waals surface area (Å²) < 4.78 is 16.2. The van der Waals surface area contributed by atoms with Crippen LogP contribution in [0.5, 0.6) is 11.5 Å². The van der Waals surface area contributed by atoms with Gasteiger partial charge in [0.05, 0.1) is 32.1 Å². The number of hydrogen-bond donors (Lipinski definition) is 0. The summed E-state index contributed by atoms with van der Waals surface area (Å²) in [5, 5.41) is 0. The standard InChI is InChI=1S/C28H40N4O4/c1-21-5-7-25(28(33)32-15-13-30(14-16-32)17-18-34-2)27(29-21)22-9-11-31(12-10-22)20-23-19-24(35-3)6-8-26(23)36-4/h5-8,19,22H,9-18,20H2,1-4H3. The Bertz CT molecular complexity index is 1010. The van der Waals surface area contributed by atoms with Gasteiger partial charge in [0, 0.05) is 63.6 Å². The van der Waals surface area contributed by atoms with Gasteiger partial charge in [0.25, 0.3) is 5.91 Å². The van der Waals surface area contributed by atoms with Crippen LogP contribution in [0, 0.1) is 6.92 Å². The number of amides is 1. The van der Waals surface area contributed by atoms with Gasteiger partial charge >= 0.3 is 0 Å². The van der Waals surface area contributed by atoms with Crippen LogP contribution in [0.2, 0.25) is 0 Å². The number of rotatable bonds is 9. The zero-order valence-corrected chi connectivity index (χ0v) is 22.2. The Morgan fingerprint density at radius 3 is 2.36 bits per heavy atom. The molecule has 4 rings (SSSR count). The summed E-state index contributed by atoms with van der Waals surface area (Å²) >= 11 is 0. The predicted molar refractivity (Wildman–Crippen MR) is 140 cm³/mol. The van der Waals surface area contributed by atoms with Gasteiger partial charge in [-0.3, -0.25) is 19.6 Å². The molecule has 0 radical (unpaired) electrons. The fourth-order valence-corrected chi connectivity index (χ4v) is 5.25. The molecule has 0 spiro atoms. The quantitative estimate of drug-likeness (QED) is 0.528. The number of methoxy groups -OCH3 is 3. The van der Waals surface area contributed by atoms with Crippen molar-refractivity contribution in [1.82, 2.24) is 19.7 Å². The van der Waals surface area contributed by atoms with Crippen molar-refractivity contribution in [1.29, 1.82) is 0 Å². The number of pyridine rings is 1. The van der Waals surface area contributed by atoms with Crippen molar-refractivity contribution in [2.75, 3.05) is 73.7 Å². The number of piperazine rings is 1. The van der Waals surface area contributed by atoms with Crippen LogP contribution in [0.4, 0.5) is 0 Å². The highest BCUT2D eigenvalue weighted by atomic mass is 16.5. The fraction of sp³-hybridized carbons (Fsp3) is 0.571. The van der Waals surface area contributed by atoms with E-state index < -0.39 is 0 Å². The highest BCUT2D eigenvalue weighted by molar-refractivity contribution is 5.95. The second kappa shape index (κ2) is 12.5. The molecule has 196 valence electrons. The van der Waals surface area contributed by atoms with Crippen molar-refractivity contribution in [2.24, 2.45) is 0 Å². The van der Waals surface area contributed by atoms with Gasteiger partial charge in [-0.1, -0.05) is 0 Å². The number of piperidine rings is 1. The van der Waals surface area contributed by atoms with E-state index in [1.165, 1.54) is 0 Å². The van der Waals surface area contributed by atoms with Crippen LogP contribution >= 0.6 is 0 Å². The maximum absolute atomic E-state index is 13.5. The normalized spacial score (nSPS) is 17.8. The van der Waals surface area contributed by atoms with E-state index in [4.69, 9.17) is 19.2 Å². The molecule has 1 amide bonds. The molecular formula is C28H40N4O4. The number of likely N-dealkylation sites (tertiary alicyclic amines) is 1. The lowest BCUT2D eigenvalue weighted by atomic mass is 9.89. The van der Waals surface area contributed by atoms with Crippen molar-refractivity contribution >= 4 is 5.91 Å². The van der Waals surface area contributed by atoms with Gasteiger partial charge in [-0.2, -0.15) is 0 Å². The first kappa shape index (κ1) is 26.4. The molecule has 1 aromatic heterocycles. The van der Waals surface area contributed by atoms with E-state index in [1.54, 1.807) is 21.3 Å². The molecule has 2 aliphatic heterocycles. The fourth-order valence-electron chi connectivity index (χ4n) is 5.25. The predicted octanol–water partition coefficient (Wildman–Crippen LogP) is 3.19. The van der Waals surface area contributed by atoms with E-state index in [9.17, 15) is 4.79 Å². The molecule has 0 aliphatic carbocycles. The van der Waals surface area contributed by atoms with Crippen LogP contribution < -0.4 is 9.47 Å². The molecule has 8 nitrogen and oxygen atoms in total. The molecule has 2 aliphatic rings. The van der Waals surface area contributed by atoms with Crippen molar-refractivity contribution in [3.05, 3.63) is 52.8 Å². The largest absolute Gasteiger partial charge is 0.497 e. The number of nitrogens with zero attached hydrogens (tertiary/aromatic N) is 4. The Morgan fingerprint density at radius 1 is 0.944 bits per heavy atom. The number of ether oxygens (including phenoxy) is 3. The van der Waals surface area contributed by atoms with Gasteiger partial charge in [0.2, 0.25) is 0 Å². The van der Waals surface area contributed by atoms with Crippen LogP contribution in [0.3, 0.4) is 0 Å².